The SMILES string of the molecule is CC(C)CCC[C@@H](C)[C@H]1CC[C@H]2[C@@H]3CC[C@H]4CC=C[C@H](O)[C@]4(C)[C@H]3CC[C@]12C. The minimum Gasteiger partial charge on any atom is -0.388 e. The highest BCUT2D eigenvalue weighted by Gasteiger charge is 2.61. The van der Waals surface area contributed by atoms with Gasteiger partial charge in [0.2, 0.25) is 0 Å². The average Bonchev–Trinajstić information content (AvgIpc) is 3.00. The number of allylic oxidation sites excluding steroid dienone is 1. The Balaban J connectivity index is 1.50. The first-order valence-electron chi connectivity index (χ1n) is 12.6. The lowest BCUT2D eigenvalue weighted by atomic mass is 9.44. The molecular weight excluding hydrogens is 340 g/mol. The first kappa shape index (κ1) is 21.0. The van der Waals surface area contributed by atoms with Gasteiger partial charge in [-0.25, -0.2) is 0 Å². The monoisotopic (exact) mass is 386 g/mol. The lowest BCUT2D eigenvalue weighted by Crippen LogP contribution is -2.56. The van der Waals surface area contributed by atoms with Crippen LogP contribution in [-0.4, -0.2) is 11.2 Å². The predicted octanol–water partition coefficient (Wildman–Crippen LogP) is 7.24. The third kappa shape index (κ3) is 3.23. The highest BCUT2D eigenvalue weighted by Crippen LogP contribution is 2.68. The Hall–Kier alpha value is -0.300. The molecule has 0 aromatic rings. The Kier molecular flexibility index (Phi) is 5.80. The zero-order chi connectivity index (χ0) is 20.1. The molecule has 3 saturated carbocycles. The molecule has 1 nitrogen and oxygen atoms in total. The first-order valence-corrected chi connectivity index (χ1v) is 12.6. The topological polar surface area (TPSA) is 20.2 Å². The second-order valence-corrected chi connectivity index (χ2v) is 12.2. The molecule has 4 aliphatic rings. The van der Waals surface area contributed by atoms with E-state index in [1.54, 1.807) is 0 Å². The molecule has 4 rings (SSSR count). The maximum Gasteiger partial charge on any atom is 0.0779 e. The van der Waals surface area contributed by atoms with E-state index in [2.05, 4.69) is 46.8 Å². The average molecular weight is 387 g/mol. The molecule has 4 aliphatic carbocycles. The molecule has 0 aliphatic heterocycles. The molecule has 0 saturated heterocycles. The molecular formula is C27H46O. The van der Waals surface area contributed by atoms with E-state index >= 15 is 0 Å². The molecule has 160 valence electrons. The Morgan fingerprint density at radius 3 is 2.50 bits per heavy atom. The molecule has 1 heteroatoms. The van der Waals surface area contributed by atoms with Crippen LogP contribution in [0.1, 0.15) is 98.8 Å². The van der Waals surface area contributed by atoms with Crippen LogP contribution in [0, 0.1) is 52.3 Å². The van der Waals surface area contributed by atoms with Gasteiger partial charge in [0.05, 0.1) is 6.10 Å². The lowest BCUT2D eigenvalue weighted by Gasteiger charge is -2.61. The van der Waals surface area contributed by atoms with E-state index in [-0.39, 0.29) is 11.5 Å². The van der Waals surface area contributed by atoms with Gasteiger partial charge >= 0.3 is 0 Å². The van der Waals surface area contributed by atoms with Crippen molar-refractivity contribution in [1.29, 1.82) is 0 Å². The summed E-state index contributed by atoms with van der Waals surface area (Å²) in [5.74, 6) is 5.92. The number of fused-ring (bicyclic) bond motifs is 5. The van der Waals surface area contributed by atoms with Crippen molar-refractivity contribution in [3.8, 4) is 0 Å². The smallest absolute Gasteiger partial charge is 0.0779 e. The van der Waals surface area contributed by atoms with Crippen LogP contribution in [0.4, 0.5) is 0 Å². The van der Waals surface area contributed by atoms with Gasteiger partial charge in [-0.2, -0.15) is 0 Å². The molecule has 0 bridgehead atoms. The molecule has 0 spiro atoms. The Bertz CT molecular complexity index is 579. The Labute approximate surface area is 174 Å². The second kappa shape index (κ2) is 7.75. The summed E-state index contributed by atoms with van der Waals surface area (Å²) < 4.78 is 0. The van der Waals surface area contributed by atoms with Crippen LogP contribution in [0.15, 0.2) is 12.2 Å². The molecule has 3 fully saturated rings. The minimum absolute atomic E-state index is 0.139. The van der Waals surface area contributed by atoms with Gasteiger partial charge in [0, 0.05) is 5.41 Å². The van der Waals surface area contributed by atoms with E-state index < -0.39 is 0 Å². The largest absolute Gasteiger partial charge is 0.388 e. The van der Waals surface area contributed by atoms with Crippen LogP contribution in [0.2, 0.25) is 0 Å². The number of aliphatic hydroxyl groups is 1. The lowest BCUT2D eigenvalue weighted by molar-refractivity contribution is -0.139. The van der Waals surface area contributed by atoms with Gasteiger partial charge in [0.25, 0.3) is 0 Å². The van der Waals surface area contributed by atoms with Crippen molar-refractivity contribution in [3.63, 3.8) is 0 Å². The van der Waals surface area contributed by atoms with Gasteiger partial charge in [0.1, 0.15) is 0 Å². The fourth-order valence-corrected chi connectivity index (χ4v) is 8.91. The summed E-state index contributed by atoms with van der Waals surface area (Å²) in [6.45, 7) is 12.4. The number of hydrogen-bond donors (Lipinski definition) is 1. The normalized spacial score (nSPS) is 48.8. The van der Waals surface area contributed by atoms with Crippen LogP contribution in [0.5, 0.6) is 0 Å². The maximum atomic E-state index is 11.0. The molecule has 0 radical (unpaired) electrons. The molecule has 0 amide bonds. The van der Waals surface area contributed by atoms with E-state index in [0.717, 1.165) is 35.5 Å². The standard InChI is InChI=1S/C27H46O/c1-18(2)8-6-9-19(3)22-14-15-23-21-13-12-20-10-7-11-25(28)27(20,5)24(21)16-17-26(22,23)4/h7,11,18-25,28H,6,8-10,12-17H2,1-5H3/t19-,20-,21+,22-,23+,24+,25+,26-,27+/m1/s1. The van der Waals surface area contributed by atoms with E-state index in [1.807, 2.05) is 0 Å². The van der Waals surface area contributed by atoms with Crippen molar-refractivity contribution < 1.29 is 5.11 Å². The number of rotatable bonds is 5. The van der Waals surface area contributed by atoms with Crippen molar-refractivity contribution in [1.82, 2.24) is 0 Å². The summed E-state index contributed by atoms with van der Waals surface area (Å²) in [6.07, 6.45) is 18.1. The van der Waals surface area contributed by atoms with Crippen molar-refractivity contribution in [2.24, 2.45) is 52.3 Å². The summed E-state index contributed by atoms with van der Waals surface area (Å²) >= 11 is 0. The third-order valence-corrected chi connectivity index (χ3v) is 10.5. The summed E-state index contributed by atoms with van der Waals surface area (Å²) in [6, 6.07) is 0. The van der Waals surface area contributed by atoms with Crippen LogP contribution >= 0.6 is 0 Å². The van der Waals surface area contributed by atoms with E-state index in [0.29, 0.717) is 11.3 Å². The van der Waals surface area contributed by atoms with Crippen molar-refractivity contribution >= 4 is 0 Å². The zero-order valence-corrected chi connectivity index (χ0v) is 19.3. The van der Waals surface area contributed by atoms with Gasteiger partial charge < -0.3 is 5.11 Å². The van der Waals surface area contributed by atoms with E-state index in [4.69, 9.17) is 0 Å². The molecule has 9 atom stereocenters. The zero-order valence-electron chi connectivity index (χ0n) is 19.3. The molecule has 0 aromatic heterocycles. The number of hydrogen-bond acceptors (Lipinski definition) is 1. The van der Waals surface area contributed by atoms with Gasteiger partial charge in [-0.1, -0.05) is 66.0 Å². The summed E-state index contributed by atoms with van der Waals surface area (Å²) in [4.78, 5) is 0. The van der Waals surface area contributed by atoms with Gasteiger partial charge in [-0.15, -0.1) is 0 Å². The molecule has 1 N–H and O–H groups in total. The molecule has 28 heavy (non-hydrogen) atoms. The number of aliphatic hydroxyl groups excluding tert-OH is 1. The van der Waals surface area contributed by atoms with E-state index in [9.17, 15) is 5.11 Å². The molecule has 0 aromatic carbocycles. The molecule has 0 heterocycles. The van der Waals surface area contributed by atoms with Crippen molar-refractivity contribution in [2.75, 3.05) is 0 Å². The van der Waals surface area contributed by atoms with Crippen LogP contribution in [-0.2, 0) is 0 Å². The Morgan fingerprint density at radius 2 is 1.75 bits per heavy atom. The first-order chi connectivity index (χ1) is 13.3. The van der Waals surface area contributed by atoms with Crippen LogP contribution in [0.25, 0.3) is 0 Å². The third-order valence-electron chi connectivity index (χ3n) is 10.5. The summed E-state index contributed by atoms with van der Waals surface area (Å²) in [5, 5.41) is 11.0. The second-order valence-electron chi connectivity index (χ2n) is 12.2. The minimum atomic E-state index is -0.212. The van der Waals surface area contributed by atoms with Gasteiger partial charge in [-0.05, 0) is 91.8 Å². The molecule has 0 unspecified atom stereocenters. The Morgan fingerprint density at radius 1 is 0.964 bits per heavy atom. The van der Waals surface area contributed by atoms with Crippen LogP contribution < -0.4 is 0 Å². The van der Waals surface area contributed by atoms with Gasteiger partial charge in [-0.3, -0.25) is 0 Å². The van der Waals surface area contributed by atoms with E-state index in [1.165, 1.54) is 64.2 Å². The highest BCUT2D eigenvalue weighted by molar-refractivity contribution is 5.15. The summed E-state index contributed by atoms with van der Waals surface area (Å²) in [7, 11) is 0. The van der Waals surface area contributed by atoms with Gasteiger partial charge in [0.15, 0.2) is 0 Å². The maximum absolute atomic E-state index is 11.0. The van der Waals surface area contributed by atoms with Crippen molar-refractivity contribution in [2.45, 2.75) is 105 Å². The fourth-order valence-electron chi connectivity index (χ4n) is 8.91. The fraction of sp³-hybridized carbons (Fsp3) is 0.926. The van der Waals surface area contributed by atoms with Crippen LogP contribution in [0.3, 0.4) is 0 Å². The van der Waals surface area contributed by atoms with Crippen molar-refractivity contribution in [3.05, 3.63) is 12.2 Å². The predicted molar refractivity (Wildman–Crippen MR) is 119 cm³/mol. The highest BCUT2D eigenvalue weighted by atomic mass is 16.3. The quantitative estimate of drug-likeness (QED) is 0.493. The summed E-state index contributed by atoms with van der Waals surface area (Å²) in [5.41, 5.74) is 0.705.